The van der Waals surface area contributed by atoms with Gasteiger partial charge >= 0.3 is 5.97 Å². The molecular weight excluding hydrogens is 540 g/mol. The summed E-state index contributed by atoms with van der Waals surface area (Å²) in [4.78, 5) is 42.5. The number of carbonyl (C=O) groups excluding carboxylic acids is 3. The maximum Gasteiger partial charge on any atom is 0.309 e. The summed E-state index contributed by atoms with van der Waals surface area (Å²) in [7, 11) is 0. The molecule has 234 valence electrons. The summed E-state index contributed by atoms with van der Waals surface area (Å²) >= 11 is 0. The van der Waals surface area contributed by atoms with Crippen molar-refractivity contribution in [1.82, 2.24) is 10.6 Å². The van der Waals surface area contributed by atoms with E-state index in [1.165, 1.54) is 0 Å². The Morgan fingerprint density at radius 1 is 1.02 bits per heavy atom. The summed E-state index contributed by atoms with van der Waals surface area (Å²) in [5, 5.41) is 6.37. The fourth-order valence-electron chi connectivity index (χ4n) is 6.09. The van der Waals surface area contributed by atoms with E-state index < -0.39 is 6.04 Å². The van der Waals surface area contributed by atoms with Gasteiger partial charge in [0.15, 0.2) is 5.96 Å². The van der Waals surface area contributed by atoms with E-state index >= 15 is 0 Å². The Kier molecular flexibility index (Phi) is 14.2. The van der Waals surface area contributed by atoms with Crippen LogP contribution in [0.2, 0.25) is 0 Å². The maximum absolute atomic E-state index is 13.5. The van der Waals surface area contributed by atoms with Crippen LogP contribution < -0.4 is 16.4 Å². The minimum atomic E-state index is -0.667. The Morgan fingerprint density at radius 3 is 2.35 bits per heavy atom. The zero-order chi connectivity index (χ0) is 31.0. The molecule has 43 heavy (non-hydrogen) atoms. The third kappa shape index (κ3) is 11.5. The van der Waals surface area contributed by atoms with Gasteiger partial charge in [-0.25, -0.2) is 0 Å². The SMILES string of the molecule is CCOC(=O)C(CCCC(CCC(CC(C)C)C(=O)NC(C=O)c1ccccc1)C1CCN=C(N)N1)Cc1ccccc1. The molecule has 1 aliphatic heterocycles. The van der Waals surface area contributed by atoms with Crippen molar-refractivity contribution in [2.75, 3.05) is 13.2 Å². The monoisotopic (exact) mass is 590 g/mol. The van der Waals surface area contributed by atoms with Crippen LogP contribution in [0.25, 0.3) is 0 Å². The second kappa shape index (κ2) is 18.1. The predicted molar refractivity (Wildman–Crippen MR) is 171 cm³/mol. The summed E-state index contributed by atoms with van der Waals surface area (Å²) in [6, 6.07) is 18.9. The smallest absolute Gasteiger partial charge is 0.309 e. The van der Waals surface area contributed by atoms with Crippen LogP contribution in [0.5, 0.6) is 0 Å². The van der Waals surface area contributed by atoms with Gasteiger partial charge in [0.2, 0.25) is 5.91 Å². The Hall–Kier alpha value is -3.68. The molecule has 2 aromatic rings. The van der Waals surface area contributed by atoms with Crippen molar-refractivity contribution in [3.63, 3.8) is 0 Å². The summed E-state index contributed by atoms with van der Waals surface area (Å²) < 4.78 is 5.43. The molecule has 0 aliphatic carbocycles. The van der Waals surface area contributed by atoms with Gasteiger partial charge in [-0.15, -0.1) is 0 Å². The van der Waals surface area contributed by atoms with Gasteiger partial charge in [-0.1, -0.05) is 80.9 Å². The van der Waals surface area contributed by atoms with Gasteiger partial charge in [0.25, 0.3) is 0 Å². The molecule has 5 unspecified atom stereocenters. The fourth-order valence-corrected chi connectivity index (χ4v) is 6.09. The van der Waals surface area contributed by atoms with Crippen LogP contribution in [0, 0.1) is 23.7 Å². The van der Waals surface area contributed by atoms with Gasteiger partial charge in [-0.2, -0.15) is 0 Å². The maximum atomic E-state index is 13.5. The van der Waals surface area contributed by atoms with Crippen molar-refractivity contribution in [3.8, 4) is 0 Å². The number of benzene rings is 2. The lowest BCUT2D eigenvalue weighted by molar-refractivity contribution is -0.148. The first kappa shape index (κ1) is 33.8. The first-order chi connectivity index (χ1) is 20.8. The van der Waals surface area contributed by atoms with Crippen LogP contribution in [-0.4, -0.2) is 43.3 Å². The molecule has 8 heteroatoms. The number of aldehydes is 1. The average Bonchev–Trinajstić information content (AvgIpc) is 3.01. The van der Waals surface area contributed by atoms with E-state index in [0.29, 0.717) is 37.9 Å². The number of carbonyl (C=O) groups is 3. The number of hydrogen-bond donors (Lipinski definition) is 3. The molecule has 8 nitrogen and oxygen atoms in total. The molecule has 0 saturated heterocycles. The lowest BCUT2D eigenvalue weighted by Crippen LogP contribution is -2.47. The van der Waals surface area contributed by atoms with Gasteiger partial charge in [0.05, 0.1) is 12.5 Å². The van der Waals surface area contributed by atoms with Crippen molar-refractivity contribution in [3.05, 3.63) is 71.8 Å². The van der Waals surface area contributed by atoms with Gasteiger partial charge in [0.1, 0.15) is 12.3 Å². The second-order valence-corrected chi connectivity index (χ2v) is 12.1. The van der Waals surface area contributed by atoms with Crippen molar-refractivity contribution >= 4 is 24.1 Å². The fraction of sp³-hybridized carbons (Fsp3) is 0.543. The zero-order valence-electron chi connectivity index (χ0n) is 26.0. The minimum Gasteiger partial charge on any atom is -0.466 e. The molecule has 0 aromatic heterocycles. The predicted octanol–water partition coefficient (Wildman–Crippen LogP) is 5.37. The van der Waals surface area contributed by atoms with Crippen molar-refractivity contribution in [2.45, 2.75) is 84.2 Å². The number of hydrogen-bond acceptors (Lipinski definition) is 7. The van der Waals surface area contributed by atoms with Gasteiger partial charge < -0.3 is 25.9 Å². The van der Waals surface area contributed by atoms with E-state index in [4.69, 9.17) is 10.5 Å². The zero-order valence-corrected chi connectivity index (χ0v) is 26.0. The summed E-state index contributed by atoms with van der Waals surface area (Å²) in [5.41, 5.74) is 7.98. The number of aliphatic imine (C=N–C) groups is 1. The first-order valence-corrected chi connectivity index (χ1v) is 15.9. The highest BCUT2D eigenvalue weighted by Crippen LogP contribution is 2.29. The van der Waals surface area contributed by atoms with Crippen LogP contribution in [0.3, 0.4) is 0 Å². The minimum absolute atomic E-state index is 0.0867. The van der Waals surface area contributed by atoms with Crippen molar-refractivity contribution in [1.29, 1.82) is 0 Å². The Morgan fingerprint density at radius 2 is 1.72 bits per heavy atom. The number of esters is 1. The number of guanidine groups is 1. The third-order valence-corrected chi connectivity index (χ3v) is 8.30. The lowest BCUT2D eigenvalue weighted by atomic mass is 9.81. The molecule has 0 spiro atoms. The molecule has 4 N–H and O–H groups in total. The van der Waals surface area contributed by atoms with E-state index in [9.17, 15) is 14.4 Å². The van der Waals surface area contributed by atoms with Crippen LogP contribution in [-0.2, 0) is 25.5 Å². The highest BCUT2D eigenvalue weighted by Gasteiger charge is 2.29. The van der Waals surface area contributed by atoms with Gasteiger partial charge in [-0.3, -0.25) is 14.6 Å². The normalized spacial score (nSPS) is 17.6. The number of nitrogens with one attached hydrogen (secondary N) is 2. The van der Waals surface area contributed by atoms with Crippen LogP contribution >= 0.6 is 0 Å². The topological polar surface area (TPSA) is 123 Å². The molecule has 2 aromatic carbocycles. The summed E-state index contributed by atoms with van der Waals surface area (Å²) in [5.74, 6) is 0.401. The number of nitrogens with two attached hydrogens (primary N) is 1. The molecule has 0 bridgehead atoms. The third-order valence-electron chi connectivity index (χ3n) is 8.30. The Labute approximate surface area is 257 Å². The van der Waals surface area contributed by atoms with Crippen LogP contribution in [0.15, 0.2) is 65.7 Å². The van der Waals surface area contributed by atoms with E-state index in [1.807, 2.05) is 55.5 Å². The van der Waals surface area contributed by atoms with Crippen LogP contribution in [0.4, 0.5) is 0 Å². The highest BCUT2D eigenvalue weighted by molar-refractivity contribution is 5.82. The molecule has 1 heterocycles. The molecule has 3 rings (SSSR count). The molecule has 0 saturated carbocycles. The number of amides is 1. The number of ether oxygens (including phenoxy) is 1. The second-order valence-electron chi connectivity index (χ2n) is 12.1. The van der Waals surface area contributed by atoms with Gasteiger partial charge in [-0.05, 0) is 74.8 Å². The molecule has 1 aliphatic rings. The Bertz CT molecular complexity index is 1150. The molecule has 0 fully saturated rings. The highest BCUT2D eigenvalue weighted by atomic mass is 16.5. The first-order valence-electron chi connectivity index (χ1n) is 15.9. The van der Waals surface area contributed by atoms with Crippen molar-refractivity contribution < 1.29 is 19.1 Å². The number of nitrogens with zero attached hydrogens (tertiary/aromatic N) is 1. The average molecular weight is 591 g/mol. The molecule has 5 atom stereocenters. The lowest BCUT2D eigenvalue weighted by Gasteiger charge is -2.32. The molecule has 0 radical (unpaired) electrons. The largest absolute Gasteiger partial charge is 0.466 e. The van der Waals surface area contributed by atoms with E-state index in [2.05, 4.69) is 41.6 Å². The van der Waals surface area contributed by atoms with Gasteiger partial charge in [0, 0.05) is 18.5 Å². The molecule has 1 amide bonds. The molecular formula is C35H50N4O4. The Balaban J connectivity index is 1.68. The van der Waals surface area contributed by atoms with Crippen molar-refractivity contribution in [2.24, 2.45) is 34.4 Å². The summed E-state index contributed by atoms with van der Waals surface area (Å²) in [6.07, 6.45) is 7.08. The van der Waals surface area contributed by atoms with Crippen LogP contribution in [0.1, 0.15) is 82.9 Å². The summed E-state index contributed by atoms with van der Waals surface area (Å²) in [6.45, 7) is 7.12. The van der Waals surface area contributed by atoms with E-state index in [1.54, 1.807) is 0 Å². The standard InChI is InChI=1S/C35H50N4O4/c1-4-43-34(42)30(23-26-12-7-5-8-13-26)17-11-16-28(31-20-21-37-35(36)39-31)18-19-29(22-25(2)3)33(41)38-32(24-40)27-14-9-6-10-15-27/h5-10,12-15,24-25,28-32H,4,11,16-23H2,1-3H3,(H,38,41)(H3,36,37,39). The number of rotatable bonds is 18. The van der Waals surface area contributed by atoms with E-state index in [-0.39, 0.29) is 35.7 Å². The quantitative estimate of drug-likeness (QED) is 0.158. The van der Waals surface area contributed by atoms with E-state index in [0.717, 1.165) is 55.9 Å².